The number of likely N-dealkylation sites (tertiary alicyclic amines) is 1. The number of aromatic amines is 1. The van der Waals surface area contributed by atoms with E-state index in [1.807, 2.05) is 13.8 Å². The third-order valence-corrected chi connectivity index (χ3v) is 12.0. The Morgan fingerprint density at radius 3 is 2.37 bits per heavy atom. The van der Waals surface area contributed by atoms with Crippen LogP contribution in [0.1, 0.15) is 62.3 Å². The summed E-state index contributed by atoms with van der Waals surface area (Å²) in [7, 11) is 1.26. The predicted octanol–water partition coefficient (Wildman–Crippen LogP) is 8.05. The number of anilines is 2. The number of carbonyl (C=O) groups excluding carboxylic acids is 3. The van der Waals surface area contributed by atoms with E-state index < -0.39 is 36.2 Å². The van der Waals surface area contributed by atoms with E-state index in [4.69, 9.17) is 21.1 Å². The van der Waals surface area contributed by atoms with Crippen molar-refractivity contribution >= 4 is 41.0 Å². The molecular formula is C44H50ClF3N8O6. The van der Waals surface area contributed by atoms with E-state index in [9.17, 15) is 27.6 Å². The van der Waals surface area contributed by atoms with Crippen molar-refractivity contribution in [3.8, 4) is 28.1 Å². The molecule has 3 aliphatic rings. The number of halogens is 4. The van der Waals surface area contributed by atoms with Gasteiger partial charge in [0.2, 0.25) is 5.91 Å². The Labute approximate surface area is 362 Å². The first-order valence-electron chi connectivity index (χ1n) is 20.5. The molecule has 18 heteroatoms. The lowest BCUT2D eigenvalue weighted by Crippen LogP contribution is -2.53. The number of rotatable bonds is 11. The maximum absolute atomic E-state index is 14.1. The van der Waals surface area contributed by atoms with Gasteiger partial charge in [0.05, 0.1) is 41.9 Å². The number of aromatic nitrogens is 3. The Hall–Kier alpha value is -5.81. The molecule has 0 bridgehead atoms. The van der Waals surface area contributed by atoms with Crippen molar-refractivity contribution in [2.75, 3.05) is 56.7 Å². The van der Waals surface area contributed by atoms with Gasteiger partial charge >= 0.3 is 12.5 Å². The first kappa shape index (κ1) is 44.3. The Balaban J connectivity index is 1.07. The Bertz CT molecular complexity index is 2270. The average molecular weight is 879 g/mol. The lowest BCUT2D eigenvalue weighted by Gasteiger charge is -2.41. The molecule has 14 nitrogen and oxygen atoms in total. The predicted molar refractivity (Wildman–Crippen MR) is 228 cm³/mol. The second kappa shape index (κ2) is 18.7. The molecule has 7 rings (SSSR count). The summed E-state index contributed by atoms with van der Waals surface area (Å²) in [6, 6.07) is 11.3. The normalized spacial score (nSPS) is 20.1. The van der Waals surface area contributed by atoms with Crippen LogP contribution >= 0.6 is 11.6 Å². The highest BCUT2D eigenvalue weighted by Gasteiger charge is 2.42. The molecule has 330 valence electrons. The zero-order chi connectivity index (χ0) is 44.3. The van der Waals surface area contributed by atoms with Crippen molar-refractivity contribution in [1.29, 1.82) is 0 Å². The first-order chi connectivity index (χ1) is 29.6. The molecule has 0 radical (unpaired) electrons. The number of hydrogen-bond donors (Lipinski definition) is 3. The van der Waals surface area contributed by atoms with Crippen LogP contribution in [-0.4, -0.2) is 108 Å². The number of allylic oxidation sites excluding steroid dienone is 1. The smallest absolute Gasteiger partial charge is 0.453 e. The van der Waals surface area contributed by atoms with Crippen LogP contribution in [0.3, 0.4) is 0 Å². The van der Waals surface area contributed by atoms with E-state index in [-0.39, 0.29) is 39.9 Å². The summed E-state index contributed by atoms with van der Waals surface area (Å²) in [6.45, 7) is 13.9. The topological polar surface area (TPSA) is 154 Å². The fourth-order valence-corrected chi connectivity index (χ4v) is 8.81. The second-order valence-corrected chi connectivity index (χ2v) is 16.5. The number of imidazole rings is 1. The standard InChI is InChI=1S/C44H50ClF3N8O6/c1-25(2)54-14-15-55(27(4)24-54)37-11-10-32(21-49-37)51-41(57)31-19-33(45)38(36(20-31)62-44(46,47)48)29-8-6-28(7-9-29)34-22-50-40(52-34)35-18-26(3)23-56(35)42(58)39(53-43(59)60-5)30-12-16-61-17-13-30/h6-11,19-22,26-27,30,35,39H,1,12-18,23-24H2,2-5H3,(H,50,52)(H,51,57)(H,53,59)/t26-,27+,35-,39-/m0/s1. The largest absolute Gasteiger partial charge is 0.573 e. The number of hydrogen-bond acceptors (Lipinski definition) is 10. The molecular weight excluding hydrogens is 829 g/mol. The molecule has 3 fully saturated rings. The second-order valence-electron chi connectivity index (χ2n) is 16.1. The van der Waals surface area contributed by atoms with E-state index >= 15 is 0 Å². The summed E-state index contributed by atoms with van der Waals surface area (Å²) in [5.74, 6) is -0.244. The number of nitrogens with one attached hydrogen (secondary N) is 3. The van der Waals surface area contributed by atoms with Crippen molar-refractivity contribution in [2.45, 2.75) is 64.5 Å². The summed E-state index contributed by atoms with van der Waals surface area (Å²) in [5, 5.41) is 5.32. The number of pyridine rings is 1. The molecule has 4 aromatic rings. The molecule has 0 saturated carbocycles. The molecule has 3 amide bonds. The number of methoxy groups -OCH3 is 1. The highest BCUT2D eigenvalue weighted by molar-refractivity contribution is 6.34. The minimum Gasteiger partial charge on any atom is -0.453 e. The Kier molecular flexibility index (Phi) is 13.3. The summed E-state index contributed by atoms with van der Waals surface area (Å²) in [6.07, 6.45) is -0.765. The number of carbonyl (C=O) groups is 3. The molecule has 0 spiro atoms. The van der Waals surface area contributed by atoms with Gasteiger partial charge in [-0.15, -0.1) is 13.2 Å². The van der Waals surface area contributed by atoms with Gasteiger partial charge in [0.1, 0.15) is 23.4 Å². The third-order valence-electron chi connectivity index (χ3n) is 11.7. The Morgan fingerprint density at radius 1 is 1.00 bits per heavy atom. The summed E-state index contributed by atoms with van der Waals surface area (Å²) < 4.78 is 56.2. The quantitative estimate of drug-likeness (QED) is 0.135. The number of benzene rings is 2. The maximum Gasteiger partial charge on any atom is 0.573 e. The monoisotopic (exact) mass is 878 g/mol. The minimum atomic E-state index is -5.08. The van der Waals surface area contributed by atoms with E-state index in [2.05, 4.69) is 53.6 Å². The molecule has 3 saturated heterocycles. The molecule has 0 unspecified atom stereocenters. The van der Waals surface area contributed by atoms with Crippen molar-refractivity contribution in [3.05, 3.63) is 89.6 Å². The van der Waals surface area contributed by atoms with Gasteiger partial charge in [-0.2, -0.15) is 0 Å². The van der Waals surface area contributed by atoms with Gasteiger partial charge < -0.3 is 44.5 Å². The number of amides is 3. The summed E-state index contributed by atoms with van der Waals surface area (Å²) in [4.78, 5) is 58.4. The zero-order valence-corrected chi connectivity index (χ0v) is 35.7. The van der Waals surface area contributed by atoms with Gasteiger partial charge in [0.15, 0.2) is 0 Å². The molecule has 0 aliphatic carbocycles. The van der Waals surface area contributed by atoms with E-state index in [0.29, 0.717) is 67.4 Å². The van der Waals surface area contributed by atoms with Crippen LogP contribution in [0.25, 0.3) is 22.4 Å². The molecule has 4 atom stereocenters. The number of alkyl carbamates (subject to hydrolysis) is 1. The van der Waals surface area contributed by atoms with Crippen molar-refractivity contribution < 1.29 is 41.8 Å². The molecule has 3 aliphatic heterocycles. The van der Waals surface area contributed by atoms with E-state index in [0.717, 1.165) is 37.2 Å². The fraction of sp³-hybridized carbons (Fsp3) is 0.432. The summed E-state index contributed by atoms with van der Waals surface area (Å²) >= 11 is 6.65. The Morgan fingerprint density at radius 2 is 1.73 bits per heavy atom. The van der Waals surface area contributed by atoms with Crippen molar-refractivity contribution in [2.24, 2.45) is 11.8 Å². The molecule has 5 heterocycles. The van der Waals surface area contributed by atoms with Crippen LogP contribution < -0.4 is 20.3 Å². The van der Waals surface area contributed by atoms with Gasteiger partial charge in [-0.1, -0.05) is 49.4 Å². The van der Waals surface area contributed by atoms with E-state index in [1.54, 1.807) is 47.5 Å². The SMILES string of the molecule is C=C(C)N1CCN(c2ccc(NC(=O)c3cc(Cl)c(-c4ccc(-c5cnc([C@@H]6C[C@H](C)CN6C(=O)[C@@H](NC(=O)OC)C6CCOCC6)[nH]5)cc4)c(OC(F)(F)F)c3)cn2)[C@H](C)C1. The maximum atomic E-state index is 14.1. The van der Waals surface area contributed by atoms with Crippen molar-refractivity contribution in [1.82, 2.24) is 30.1 Å². The van der Waals surface area contributed by atoms with Crippen LogP contribution in [0.4, 0.5) is 29.5 Å². The van der Waals surface area contributed by atoms with Gasteiger partial charge in [-0.3, -0.25) is 9.59 Å². The molecule has 3 N–H and O–H groups in total. The molecule has 62 heavy (non-hydrogen) atoms. The van der Waals surface area contributed by atoms with Crippen LogP contribution in [0.2, 0.25) is 5.02 Å². The number of ether oxygens (including phenoxy) is 3. The van der Waals surface area contributed by atoms with Gasteiger partial charge in [0, 0.05) is 62.3 Å². The number of nitrogens with zero attached hydrogens (tertiary/aromatic N) is 5. The lowest BCUT2D eigenvalue weighted by atomic mass is 9.90. The fourth-order valence-electron chi connectivity index (χ4n) is 8.49. The van der Waals surface area contributed by atoms with Crippen LogP contribution in [0.5, 0.6) is 5.75 Å². The van der Waals surface area contributed by atoms with Gasteiger partial charge in [0.25, 0.3) is 5.91 Å². The number of alkyl halides is 3. The van der Waals surface area contributed by atoms with Gasteiger partial charge in [-0.05, 0) is 80.3 Å². The zero-order valence-electron chi connectivity index (χ0n) is 34.9. The van der Waals surface area contributed by atoms with Gasteiger partial charge in [-0.25, -0.2) is 14.8 Å². The first-order valence-corrected chi connectivity index (χ1v) is 20.9. The third kappa shape index (κ3) is 10.1. The summed E-state index contributed by atoms with van der Waals surface area (Å²) in [5.41, 5.74) is 2.72. The molecule has 2 aromatic heterocycles. The highest BCUT2D eigenvalue weighted by atomic mass is 35.5. The lowest BCUT2D eigenvalue weighted by molar-refractivity contribution is -0.274. The van der Waals surface area contributed by atoms with Crippen LogP contribution in [0.15, 0.2) is 73.2 Å². The number of H-pyrrole nitrogens is 1. The van der Waals surface area contributed by atoms with Crippen molar-refractivity contribution in [3.63, 3.8) is 0 Å². The average Bonchev–Trinajstić information content (AvgIpc) is 3.89. The van der Waals surface area contributed by atoms with E-state index in [1.165, 1.54) is 19.4 Å². The van der Waals surface area contributed by atoms with Crippen LogP contribution in [0, 0.1) is 11.8 Å². The molecule has 2 aromatic carbocycles. The minimum absolute atomic E-state index is 0.0574. The highest BCUT2D eigenvalue weighted by Crippen LogP contribution is 2.42. The van der Waals surface area contributed by atoms with Crippen LogP contribution in [-0.2, 0) is 14.3 Å². The number of piperazine rings is 1.